The Balaban J connectivity index is 3.76. The molecule has 2 atom stereocenters. The molecule has 0 aromatic rings. The van der Waals surface area contributed by atoms with Gasteiger partial charge in [-0.1, -0.05) is 6.92 Å². The van der Waals surface area contributed by atoms with Crippen LogP contribution in [0.3, 0.4) is 0 Å². The highest BCUT2D eigenvalue weighted by molar-refractivity contribution is 5.75. The van der Waals surface area contributed by atoms with E-state index in [1.54, 1.807) is 0 Å². The Morgan fingerprint density at radius 2 is 1.72 bits per heavy atom. The van der Waals surface area contributed by atoms with Crippen molar-refractivity contribution >= 4 is 5.97 Å². The number of ether oxygens (including phenoxy) is 3. The van der Waals surface area contributed by atoms with Crippen LogP contribution < -0.4 is 0 Å². The Labute approximate surface area is 111 Å². The van der Waals surface area contributed by atoms with Gasteiger partial charge in [-0.05, 0) is 41.0 Å². The fraction of sp³-hybridized carbons (Fsp3) is 0.929. The summed E-state index contributed by atoms with van der Waals surface area (Å²) in [4.78, 5) is 11.6. The smallest absolute Gasteiger partial charge is 0.311 e. The monoisotopic (exact) mass is 260 g/mol. The molecular weight excluding hydrogens is 232 g/mol. The summed E-state index contributed by atoms with van der Waals surface area (Å²) >= 11 is 0. The minimum atomic E-state index is -0.468. The van der Waals surface area contributed by atoms with Gasteiger partial charge in [0.25, 0.3) is 0 Å². The van der Waals surface area contributed by atoms with E-state index >= 15 is 0 Å². The van der Waals surface area contributed by atoms with Crippen molar-refractivity contribution in [3.63, 3.8) is 0 Å². The lowest BCUT2D eigenvalue weighted by Crippen LogP contribution is -2.30. The van der Waals surface area contributed by atoms with Crippen molar-refractivity contribution in [2.75, 3.05) is 19.8 Å². The summed E-state index contributed by atoms with van der Waals surface area (Å²) < 4.78 is 16.2. The maximum Gasteiger partial charge on any atom is 0.311 e. The summed E-state index contributed by atoms with van der Waals surface area (Å²) in [6, 6.07) is 0. The molecule has 0 aliphatic rings. The van der Waals surface area contributed by atoms with Gasteiger partial charge < -0.3 is 14.2 Å². The largest absolute Gasteiger partial charge is 0.460 e. The lowest BCUT2D eigenvalue weighted by molar-refractivity contribution is -0.162. The standard InChI is InChI=1S/C14H28O4/c1-7-8-16-9-11(2)17-10-12(3)18-13(15)14(4,5)6/h11-12H,7-10H2,1-6H3. The molecule has 0 aromatic carbocycles. The quantitative estimate of drug-likeness (QED) is 0.497. The van der Waals surface area contributed by atoms with E-state index in [9.17, 15) is 4.79 Å². The van der Waals surface area contributed by atoms with E-state index in [1.165, 1.54) is 0 Å². The van der Waals surface area contributed by atoms with Gasteiger partial charge in [0, 0.05) is 6.61 Å². The Bertz CT molecular complexity index is 232. The molecule has 0 N–H and O–H groups in total. The van der Waals surface area contributed by atoms with Crippen molar-refractivity contribution in [3.05, 3.63) is 0 Å². The van der Waals surface area contributed by atoms with Crippen LogP contribution in [0.1, 0.15) is 48.0 Å². The number of carbonyl (C=O) groups excluding carboxylic acids is 1. The zero-order valence-corrected chi connectivity index (χ0v) is 12.6. The third kappa shape index (κ3) is 8.48. The molecule has 0 rings (SSSR count). The molecule has 0 bridgehead atoms. The predicted octanol–water partition coefficient (Wildman–Crippen LogP) is 2.80. The lowest BCUT2D eigenvalue weighted by Gasteiger charge is -2.22. The van der Waals surface area contributed by atoms with Crippen LogP contribution in [-0.2, 0) is 19.0 Å². The van der Waals surface area contributed by atoms with Crippen LogP contribution in [0.25, 0.3) is 0 Å². The summed E-state index contributed by atoms with van der Waals surface area (Å²) in [7, 11) is 0. The van der Waals surface area contributed by atoms with E-state index < -0.39 is 5.41 Å². The van der Waals surface area contributed by atoms with Gasteiger partial charge in [0.2, 0.25) is 0 Å². The maximum atomic E-state index is 11.6. The normalized spacial score (nSPS) is 15.2. The predicted molar refractivity (Wildman–Crippen MR) is 71.5 cm³/mol. The van der Waals surface area contributed by atoms with E-state index in [4.69, 9.17) is 14.2 Å². The SMILES string of the molecule is CCCOCC(C)OCC(C)OC(=O)C(C)(C)C. The summed E-state index contributed by atoms with van der Waals surface area (Å²) in [6.07, 6.45) is 0.796. The third-order valence-electron chi connectivity index (χ3n) is 2.24. The number of esters is 1. The van der Waals surface area contributed by atoms with Crippen LogP contribution in [0.2, 0.25) is 0 Å². The van der Waals surface area contributed by atoms with Crippen molar-refractivity contribution < 1.29 is 19.0 Å². The topological polar surface area (TPSA) is 44.8 Å². The van der Waals surface area contributed by atoms with Crippen LogP contribution in [0.15, 0.2) is 0 Å². The number of hydrogen-bond donors (Lipinski definition) is 0. The van der Waals surface area contributed by atoms with Gasteiger partial charge >= 0.3 is 5.97 Å². The highest BCUT2D eigenvalue weighted by Gasteiger charge is 2.25. The van der Waals surface area contributed by atoms with Gasteiger partial charge in [-0.15, -0.1) is 0 Å². The highest BCUT2D eigenvalue weighted by atomic mass is 16.6. The fourth-order valence-electron chi connectivity index (χ4n) is 1.14. The average molecular weight is 260 g/mol. The molecule has 0 amide bonds. The van der Waals surface area contributed by atoms with E-state index in [1.807, 2.05) is 34.6 Å². The molecule has 4 nitrogen and oxygen atoms in total. The Hall–Kier alpha value is -0.610. The fourth-order valence-corrected chi connectivity index (χ4v) is 1.14. The Kier molecular flexibility index (Phi) is 8.20. The van der Waals surface area contributed by atoms with Crippen LogP contribution in [0.4, 0.5) is 0 Å². The van der Waals surface area contributed by atoms with E-state index in [0.717, 1.165) is 13.0 Å². The second-order valence-corrected chi connectivity index (χ2v) is 5.68. The van der Waals surface area contributed by atoms with Gasteiger partial charge in [0.05, 0.1) is 24.7 Å². The molecule has 0 spiro atoms. The van der Waals surface area contributed by atoms with Crippen molar-refractivity contribution in [2.45, 2.75) is 60.2 Å². The van der Waals surface area contributed by atoms with E-state index in [2.05, 4.69) is 6.92 Å². The zero-order valence-electron chi connectivity index (χ0n) is 12.6. The van der Waals surface area contributed by atoms with Crippen LogP contribution >= 0.6 is 0 Å². The average Bonchev–Trinajstić information content (AvgIpc) is 2.25. The minimum absolute atomic E-state index is 0.0207. The highest BCUT2D eigenvalue weighted by Crippen LogP contribution is 2.16. The van der Waals surface area contributed by atoms with Crippen molar-refractivity contribution in [3.8, 4) is 0 Å². The number of hydrogen-bond acceptors (Lipinski definition) is 4. The van der Waals surface area contributed by atoms with E-state index in [-0.39, 0.29) is 18.2 Å². The van der Waals surface area contributed by atoms with Crippen LogP contribution in [-0.4, -0.2) is 38.0 Å². The van der Waals surface area contributed by atoms with Crippen molar-refractivity contribution in [2.24, 2.45) is 5.41 Å². The van der Waals surface area contributed by atoms with Gasteiger partial charge in [0.1, 0.15) is 6.10 Å². The Morgan fingerprint density at radius 3 is 2.22 bits per heavy atom. The Morgan fingerprint density at radius 1 is 1.11 bits per heavy atom. The molecule has 4 heteroatoms. The molecule has 0 saturated carbocycles. The summed E-state index contributed by atoms with van der Waals surface area (Å²) in [6.45, 7) is 13.1. The summed E-state index contributed by atoms with van der Waals surface area (Å²) in [5, 5.41) is 0. The van der Waals surface area contributed by atoms with Gasteiger partial charge in [0.15, 0.2) is 0 Å². The molecule has 2 unspecified atom stereocenters. The molecule has 0 aromatic heterocycles. The second kappa shape index (κ2) is 8.48. The second-order valence-electron chi connectivity index (χ2n) is 5.68. The summed E-state index contributed by atoms with van der Waals surface area (Å²) in [5.41, 5.74) is -0.468. The zero-order chi connectivity index (χ0) is 14.2. The molecule has 0 saturated heterocycles. The molecule has 0 heterocycles. The van der Waals surface area contributed by atoms with Gasteiger partial charge in [-0.3, -0.25) is 4.79 Å². The first-order valence-electron chi connectivity index (χ1n) is 6.67. The van der Waals surface area contributed by atoms with Gasteiger partial charge in [-0.2, -0.15) is 0 Å². The molecule has 0 aliphatic carbocycles. The van der Waals surface area contributed by atoms with E-state index in [0.29, 0.717) is 13.2 Å². The molecule has 0 fully saturated rings. The van der Waals surface area contributed by atoms with Crippen LogP contribution in [0, 0.1) is 5.41 Å². The first-order chi connectivity index (χ1) is 8.27. The first-order valence-corrected chi connectivity index (χ1v) is 6.67. The third-order valence-corrected chi connectivity index (χ3v) is 2.24. The van der Waals surface area contributed by atoms with Gasteiger partial charge in [-0.25, -0.2) is 0 Å². The number of rotatable bonds is 8. The molecule has 108 valence electrons. The minimum Gasteiger partial charge on any atom is -0.460 e. The van der Waals surface area contributed by atoms with Crippen LogP contribution in [0.5, 0.6) is 0 Å². The molecule has 0 aliphatic heterocycles. The first kappa shape index (κ1) is 17.4. The molecule has 18 heavy (non-hydrogen) atoms. The molecular formula is C14H28O4. The van der Waals surface area contributed by atoms with Crippen molar-refractivity contribution in [1.82, 2.24) is 0 Å². The molecule has 0 radical (unpaired) electrons. The lowest BCUT2D eigenvalue weighted by atomic mass is 9.97. The number of carbonyl (C=O) groups is 1. The maximum absolute atomic E-state index is 11.6. The van der Waals surface area contributed by atoms with Crippen molar-refractivity contribution in [1.29, 1.82) is 0 Å². The summed E-state index contributed by atoms with van der Waals surface area (Å²) in [5.74, 6) is -0.200.